The van der Waals surface area contributed by atoms with Gasteiger partial charge < -0.3 is 10.5 Å². The molecule has 2 rings (SSSR count). The lowest BCUT2D eigenvalue weighted by Crippen LogP contribution is -2.10. The van der Waals surface area contributed by atoms with Crippen molar-refractivity contribution in [1.29, 1.82) is 5.26 Å². The number of anilines is 1. The summed E-state index contributed by atoms with van der Waals surface area (Å²) >= 11 is 0. The molecule has 0 aliphatic carbocycles. The predicted molar refractivity (Wildman–Crippen MR) is 66.5 cm³/mol. The highest BCUT2D eigenvalue weighted by atomic mass is 16.5. The smallest absolute Gasteiger partial charge is 0.164 e. The van der Waals surface area contributed by atoms with Gasteiger partial charge in [-0.05, 0) is 5.56 Å². The quantitative estimate of drug-likeness (QED) is 0.882. The van der Waals surface area contributed by atoms with Gasteiger partial charge in [-0.2, -0.15) is 5.26 Å². The van der Waals surface area contributed by atoms with Gasteiger partial charge in [0, 0.05) is 7.11 Å². The number of nitrogens with two attached hydrogens (primary N) is 1. The summed E-state index contributed by atoms with van der Waals surface area (Å²) in [4.78, 5) is 8.23. The molecule has 0 amide bonds. The predicted octanol–water partition coefficient (Wildman–Crippen LogP) is 1.67. The number of ether oxygens (including phenoxy) is 1. The zero-order valence-electron chi connectivity index (χ0n) is 9.87. The zero-order valence-corrected chi connectivity index (χ0v) is 9.87. The number of nitrogen functional groups attached to an aromatic ring is 1. The molecule has 1 heterocycles. The van der Waals surface area contributed by atoms with Gasteiger partial charge in [-0.3, -0.25) is 0 Å². The maximum absolute atomic E-state index is 8.78. The molecule has 2 aromatic rings. The van der Waals surface area contributed by atoms with Gasteiger partial charge in [0.2, 0.25) is 0 Å². The molecule has 0 radical (unpaired) electrons. The van der Waals surface area contributed by atoms with Gasteiger partial charge in [-0.1, -0.05) is 30.3 Å². The molecule has 18 heavy (non-hydrogen) atoms. The Kier molecular flexibility index (Phi) is 3.51. The Morgan fingerprint density at radius 3 is 2.61 bits per heavy atom. The number of nitriles is 1. The molecule has 1 unspecified atom stereocenters. The maximum Gasteiger partial charge on any atom is 0.164 e. The number of hydrogen-bond acceptors (Lipinski definition) is 5. The third kappa shape index (κ3) is 2.29. The largest absolute Gasteiger partial charge is 0.382 e. The molecule has 90 valence electrons. The molecule has 0 saturated carbocycles. The van der Waals surface area contributed by atoms with Gasteiger partial charge in [0.1, 0.15) is 23.6 Å². The molecule has 0 bridgehead atoms. The van der Waals surface area contributed by atoms with Crippen molar-refractivity contribution >= 4 is 5.82 Å². The Bertz CT molecular complexity index is 577. The van der Waals surface area contributed by atoms with E-state index in [0.717, 1.165) is 5.56 Å². The van der Waals surface area contributed by atoms with E-state index in [4.69, 9.17) is 15.7 Å². The summed E-state index contributed by atoms with van der Waals surface area (Å²) in [5, 5.41) is 8.78. The number of hydrogen-bond donors (Lipinski definition) is 1. The monoisotopic (exact) mass is 240 g/mol. The highest BCUT2D eigenvalue weighted by Gasteiger charge is 2.17. The van der Waals surface area contributed by atoms with E-state index in [1.807, 2.05) is 36.4 Å². The van der Waals surface area contributed by atoms with Crippen molar-refractivity contribution in [3.05, 3.63) is 53.5 Å². The molecule has 0 aliphatic rings. The van der Waals surface area contributed by atoms with Crippen LogP contribution in [-0.2, 0) is 4.74 Å². The molecule has 0 fully saturated rings. The zero-order chi connectivity index (χ0) is 13.0. The van der Waals surface area contributed by atoms with E-state index >= 15 is 0 Å². The fourth-order valence-electron chi connectivity index (χ4n) is 1.64. The van der Waals surface area contributed by atoms with E-state index < -0.39 is 0 Å². The summed E-state index contributed by atoms with van der Waals surface area (Å²) < 4.78 is 5.39. The molecule has 0 spiro atoms. The van der Waals surface area contributed by atoms with Gasteiger partial charge in [-0.15, -0.1) is 0 Å². The second-order valence-corrected chi connectivity index (χ2v) is 3.67. The molecule has 0 saturated heterocycles. The first-order valence-electron chi connectivity index (χ1n) is 5.36. The van der Waals surface area contributed by atoms with Crippen LogP contribution in [0.4, 0.5) is 5.82 Å². The fraction of sp³-hybridized carbons (Fsp3) is 0.154. The number of nitrogens with zero attached hydrogens (tertiary/aromatic N) is 3. The lowest BCUT2D eigenvalue weighted by Gasteiger charge is -2.14. The van der Waals surface area contributed by atoms with E-state index in [1.54, 1.807) is 7.11 Å². The van der Waals surface area contributed by atoms with E-state index in [9.17, 15) is 0 Å². The van der Waals surface area contributed by atoms with Crippen LogP contribution >= 0.6 is 0 Å². The second kappa shape index (κ2) is 5.25. The minimum absolute atomic E-state index is 0.167. The van der Waals surface area contributed by atoms with Crippen LogP contribution < -0.4 is 5.73 Å². The maximum atomic E-state index is 8.78. The topological polar surface area (TPSA) is 84.8 Å². The first-order valence-corrected chi connectivity index (χ1v) is 5.36. The Hall–Kier alpha value is -2.45. The molecular formula is C13H12N4O. The lowest BCUT2D eigenvalue weighted by atomic mass is 10.1. The van der Waals surface area contributed by atoms with Crippen LogP contribution in [0, 0.1) is 11.3 Å². The first-order chi connectivity index (χ1) is 8.76. The number of aromatic nitrogens is 2. The van der Waals surface area contributed by atoms with Gasteiger partial charge in [0.25, 0.3) is 0 Å². The van der Waals surface area contributed by atoms with E-state index in [-0.39, 0.29) is 17.5 Å². The third-order valence-electron chi connectivity index (χ3n) is 2.53. The summed E-state index contributed by atoms with van der Waals surface area (Å²) in [6.07, 6.45) is 1.02. The van der Waals surface area contributed by atoms with Crippen molar-refractivity contribution < 1.29 is 4.74 Å². The first kappa shape index (κ1) is 12.0. The Balaban J connectivity index is 2.41. The van der Waals surface area contributed by atoms with E-state index in [1.165, 1.54) is 6.20 Å². The van der Waals surface area contributed by atoms with Crippen LogP contribution in [0.2, 0.25) is 0 Å². The average molecular weight is 240 g/mol. The molecule has 2 N–H and O–H groups in total. The van der Waals surface area contributed by atoms with Crippen LogP contribution in [0.1, 0.15) is 23.1 Å². The number of benzene rings is 1. The minimum atomic E-state index is -0.388. The summed E-state index contributed by atoms with van der Waals surface area (Å²) in [5.41, 5.74) is 6.87. The van der Waals surface area contributed by atoms with Gasteiger partial charge >= 0.3 is 0 Å². The average Bonchev–Trinajstić information content (AvgIpc) is 2.41. The van der Waals surface area contributed by atoms with Gasteiger partial charge in [0.05, 0.1) is 6.20 Å². The van der Waals surface area contributed by atoms with Gasteiger partial charge in [0.15, 0.2) is 5.82 Å². The number of rotatable bonds is 3. The van der Waals surface area contributed by atoms with Crippen LogP contribution in [0.15, 0.2) is 36.5 Å². The van der Waals surface area contributed by atoms with Crippen molar-refractivity contribution in [3.63, 3.8) is 0 Å². The minimum Gasteiger partial charge on any atom is -0.382 e. The molecule has 5 heteroatoms. The summed E-state index contributed by atoms with van der Waals surface area (Å²) in [5.74, 6) is 0.612. The number of methoxy groups -OCH3 is 1. The Labute approximate surface area is 105 Å². The summed E-state index contributed by atoms with van der Waals surface area (Å²) in [7, 11) is 1.58. The third-order valence-corrected chi connectivity index (χ3v) is 2.53. The van der Waals surface area contributed by atoms with Crippen LogP contribution in [-0.4, -0.2) is 17.1 Å². The van der Waals surface area contributed by atoms with Crippen molar-refractivity contribution in [2.75, 3.05) is 12.8 Å². The van der Waals surface area contributed by atoms with E-state index in [0.29, 0.717) is 5.82 Å². The highest BCUT2D eigenvalue weighted by Crippen LogP contribution is 2.23. The second-order valence-electron chi connectivity index (χ2n) is 3.67. The van der Waals surface area contributed by atoms with Crippen LogP contribution in [0.5, 0.6) is 0 Å². The van der Waals surface area contributed by atoms with Gasteiger partial charge in [-0.25, -0.2) is 9.97 Å². The standard InChI is InChI=1S/C13H12N4O/c1-18-11(9-5-3-2-4-6-9)13-16-8-10(7-14)12(15)17-13/h2-6,8,11H,1H3,(H2,15,16,17). The van der Waals surface area contributed by atoms with Crippen molar-refractivity contribution in [1.82, 2.24) is 9.97 Å². The lowest BCUT2D eigenvalue weighted by molar-refractivity contribution is 0.129. The van der Waals surface area contributed by atoms with Crippen LogP contribution in [0.25, 0.3) is 0 Å². The van der Waals surface area contributed by atoms with Crippen molar-refractivity contribution in [2.45, 2.75) is 6.10 Å². The SMILES string of the molecule is COC(c1ccccc1)c1ncc(C#N)c(N)n1. The molecule has 1 atom stereocenters. The van der Waals surface area contributed by atoms with Crippen molar-refractivity contribution in [3.8, 4) is 6.07 Å². The molecule has 5 nitrogen and oxygen atoms in total. The summed E-state index contributed by atoms with van der Waals surface area (Å²) in [6, 6.07) is 11.5. The normalized spacial score (nSPS) is 11.8. The van der Waals surface area contributed by atoms with E-state index in [2.05, 4.69) is 9.97 Å². The highest BCUT2D eigenvalue weighted by molar-refractivity contribution is 5.46. The molecule has 0 aliphatic heterocycles. The Morgan fingerprint density at radius 1 is 1.33 bits per heavy atom. The fourth-order valence-corrected chi connectivity index (χ4v) is 1.64. The molecule has 1 aromatic carbocycles. The summed E-state index contributed by atoms with van der Waals surface area (Å²) in [6.45, 7) is 0. The van der Waals surface area contributed by atoms with Crippen LogP contribution in [0.3, 0.4) is 0 Å². The molecule has 1 aromatic heterocycles. The molecular weight excluding hydrogens is 228 g/mol. The van der Waals surface area contributed by atoms with Crippen molar-refractivity contribution in [2.24, 2.45) is 0 Å². The Morgan fingerprint density at radius 2 is 2.06 bits per heavy atom.